The minimum absolute atomic E-state index is 0.0433. The van der Waals surface area contributed by atoms with Gasteiger partial charge in [-0.05, 0) is 57.5 Å². The zero-order chi connectivity index (χ0) is 15.4. The Morgan fingerprint density at radius 2 is 2.00 bits per heavy atom. The summed E-state index contributed by atoms with van der Waals surface area (Å²) in [5, 5.41) is 16.1. The number of rotatable bonds is 5. The van der Waals surface area contributed by atoms with E-state index in [-0.39, 0.29) is 18.6 Å². The van der Waals surface area contributed by atoms with Crippen LogP contribution < -0.4 is 5.32 Å². The second-order valence-corrected chi connectivity index (χ2v) is 5.27. The maximum atomic E-state index is 12.0. The van der Waals surface area contributed by atoms with Crippen molar-refractivity contribution < 1.29 is 9.90 Å². The number of nitrogens with one attached hydrogen (secondary N) is 1. The van der Waals surface area contributed by atoms with E-state index in [1.807, 2.05) is 43.7 Å². The minimum Gasteiger partial charge on any atom is -0.396 e. The second kappa shape index (κ2) is 6.54. The van der Waals surface area contributed by atoms with Gasteiger partial charge in [-0.3, -0.25) is 4.79 Å². The number of carbonyl (C=O) groups excluding carboxylic acids is 1. The molecule has 0 aliphatic carbocycles. The van der Waals surface area contributed by atoms with E-state index in [2.05, 4.69) is 10.4 Å². The van der Waals surface area contributed by atoms with Crippen molar-refractivity contribution in [1.29, 1.82) is 0 Å². The van der Waals surface area contributed by atoms with Crippen LogP contribution in [-0.4, -0.2) is 33.4 Å². The Labute approximate surface area is 124 Å². The Bertz CT molecular complexity index is 617. The zero-order valence-electron chi connectivity index (χ0n) is 12.6. The fraction of sp³-hybridized carbons (Fsp3) is 0.375. The van der Waals surface area contributed by atoms with Crippen molar-refractivity contribution in [3.63, 3.8) is 0 Å². The molecule has 2 aromatic rings. The summed E-state index contributed by atoms with van der Waals surface area (Å²) in [5.74, 6) is -0.129. The largest absolute Gasteiger partial charge is 0.396 e. The molecule has 1 heterocycles. The van der Waals surface area contributed by atoms with Crippen LogP contribution in [-0.2, 0) is 0 Å². The number of aryl methyl sites for hydroxylation is 2. The first-order chi connectivity index (χ1) is 10.0. The van der Waals surface area contributed by atoms with Crippen LogP contribution in [0.3, 0.4) is 0 Å². The quantitative estimate of drug-likeness (QED) is 0.883. The van der Waals surface area contributed by atoms with Crippen molar-refractivity contribution in [3.05, 3.63) is 47.3 Å². The number of nitrogens with zero attached hydrogens (tertiary/aromatic N) is 2. The fourth-order valence-corrected chi connectivity index (χ4v) is 2.22. The Balaban J connectivity index is 2.12. The molecular formula is C16H21N3O2. The van der Waals surface area contributed by atoms with E-state index < -0.39 is 0 Å². The second-order valence-electron chi connectivity index (χ2n) is 5.27. The topological polar surface area (TPSA) is 67.2 Å². The minimum atomic E-state index is -0.129. The molecule has 1 amide bonds. The monoisotopic (exact) mass is 287 g/mol. The van der Waals surface area contributed by atoms with E-state index >= 15 is 0 Å². The lowest BCUT2D eigenvalue weighted by Gasteiger charge is -2.12. The lowest BCUT2D eigenvalue weighted by molar-refractivity contribution is 0.0934. The van der Waals surface area contributed by atoms with Crippen molar-refractivity contribution in [2.75, 3.05) is 6.61 Å². The van der Waals surface area contributed by atoms with Crippen molar-refractivity contribution >= 4 is 5.91 Å². The van der Waals surface area contributed by atoms with Gasteiger partial charge in [0.2, 0.25) is 0 Å². The van der Waals surface area contributed by atoms with E-state index in [0.717, 1.165) is 17.1 Å². The van der Waals surface area contributed by atoms with Gasteiger partial charge in [-0.1, -0.05) is 0 Å². The number of hydrogen-bond donors (Lipinski definition) is 2. The molecule has 2 N–H and O–H groups in total. The van der Waals surface area contributed by atoms with Gasteiger partial charge in [0, 0.05) is 23.9 Å². The Hall–Kier alpha value is -2.14. The molecule has 1 aromatic carbocycles. The van der Waals surface area contributed by atoms with Crippen LogP contribution in [0.5, 0.6) is 0 Å². The molecule has 0 aliphatic rings. The molecule has 0 saturated carbocycles. The first-order valence-corrected chi connectivity index (χ1v) is 7.06. The molecule has 1 aromatic heterocycles. The summed E-state index contributed by atoms with van der Waals surface area (Å²) >= 11 is 0. The molecule has 0 radical (unpaired) electrons. The normalized spacial score (nSPS) is 12.2. The third kappa shape index (κ3) is 3.70. The van der Waals surface area contributed by atoms with Crippen molar-refractivity contribution in [2.45, 2.75) is 33.2 Å². The average molecular weight is 287 g/mol. The molecule has 112 valence electrons. The van der Waals surface area contributed by atoms with Crippen molar-refractivity contribution in [2.24, 2.45) is 0 Å². The van der Waals surface area contributed by atoms with E-state index in [1.165, 1.54) is 0 Å². The highest BCUT2D eigenvalue weighted by Gasteiger charge is 2.10. The highest BCUT2D eigenvalue weighted by atomic mass is 16.3. The summed E-state index contributed by atoms with van der Waals surface area (Å²) in [5.41, 5.74) is 3.55. The molecule has 21 heavy (non-hydrogen) atoms. The SMILES string of the molecule is Cc1cc(C)n(-c2ccc(C(=O)NC(C)CCO)cc2)n1. The summed E-state index contributed by atoms with van der Waals surface area (Å²) in [6.07, 6.45) is 0.551. The molecular weight excluding hydrogens is 266 g/mol. The molecule has 0 saturated heterocycles. The first kappa shape index (κ1) is 15.3. The van der Waals surface area contributed by atoms with Gasteiger partial charge in [0.25, 0.3) is 5.91 Å². The lowest BCUT2D eigenvalue weighted by atomic mass is 10.1. The van der Waals surface area contributed by atoms with Crippen LogP contribution in [0.1, 0.15) is 35.1 Å². The van der Waals surface area contributed by atoms with Gasteiger partial charge in [0.05, 0.1) is 11.4 Å². The van der Waals surface area contributed by atoms with E-state index in [1.54, 1.807) is 12.1 Å². The summed E-state index contributed by atoms with van der Waals surface area (Å²) in [4.78, 5) is 12.0. The van der Waals surface area contributed by atoms with Crippen molar-refractivity contribution in [3.8, 4) is 5.69 Å². The van der Waals surface area contributed by atoms with E-state index in [0.29, 0.717) is 12.0 Å². The molecule has 2 rings (SSSR count). The number of amides is 1. The highest BCUT2D eigenvalue weighted by molar-refractivity contribution is 5.94. The molecule has 0 bridgehead atoms. The van der Waals surface area contributed by atoms with Crippen LogP contribution in [0.2, 0.25) is 0 Å². The summed E-state index contributed by atoms with van der Waals surface area (Å²) in [7, 11) is 0. The van der Waals surface area contributed by atoms with Gasteiger partial charge in [0.1, 0.15) is 0 Å². The first-order valence-electron chi connectivity index (χ1n) is 7.06. The molecule has 1 atom stereocenters. The van der Waals surface area contributed by atoms with E-state index in [9.17, 15) is 4.79 Å². The number of aliphatic hydroxyl groups excluding tert-OH is 1. The van der Waals surface area contributed by atoms with Crippen LogP contribution in [0.4, 0.5) is 0 Å². The molecule has 5 heteroatoms. The highest BCUT2D eigenvalue weighted by Crippen LogP contribution is 2.13. The number of carbonyl (C=O) groups is 1. The Morgan fingerprint density at radius 3 is 2.52 bits per heavy atom. The number of benzene rings is 1. The molecule has 1 unspecified atom stereocenters. The fourth-order valence-electron chi connectivity index (χ4n) is 2.22. The maximum Gasteiger partial charge on any atom is 0.251 e. The standard InChI is InChI=1S/C16H21N3O2/c1-11(8-9-20)17-16(21)14-4-6-15(7-5-14)19-13(3)10-12(2)18-19/h4-7,10-11,20H,8-9H2,1-3H3,(H,17,21). The van der Waals surface area contributed by atoms with Gasteiger partial charge in [-0.25, -0.2) is 4.68 Å². The third-order valence-corrected chi connectivity index (χ3v) is 3.32. The predicted molar refractivity (Wildman–Crippen MR) is 81.7 cm³/mol. The third-order valence-electron chi connectivity index (χ3n) is 3.32. The molecule has 0 aliphatic heterocycles. The van der Waals surface area contributed by atoms with Crippen molar-refractivity contribution in [1.82, 2.24) is 15.1 Å². The Morgan fingerprint density at radius 1 is 1.33 bits per heavy atom. The molecule has 5 nitrogen and oxygen atoms in total. The summed E-state index contributed by atoms with van der Waals surface area (Å²) < 4.78 is 1.85. The van der Waals surface area contributed by atoms with Gasteiger partial charge < -0.3 is 10.4 Å². The van der Waals surface area contributed by atoms with Gasteiger partial charge in [0.15, 0.2) is 0 Å². The predicted octanol–water partition coefficient (Wildman–Crippen LogP) is 1.99. The van der Waals surface area contributed by atoms with Gasteiger partial charge >= 0.3 is 0 Å². The van der Waals surface area contributed by atoms with Crippen LogP contribution in [0.15, 0.2) is 30.3 Å². The van der Waals surface area contributed by atoms with Gasteiger partial charge in [-0.15, -0.1) is 0 Å². The summed E-state index contributed by atoms with van der Waals surface area (Å²) in [6, 6.07) is 9.30. The number of hydrogen-bond acceptors (Lipinski definition) is 3. The van der Waals surface area contributed by atoms with Crippen LogP contribution >= 0.6 is 0 Å². The van der Waals surface area contributed by atoms with Crippen LogP contribution in [0.25, 0.3) is 5.69 Å². The smallest absolute Gasteiger partial charge is 0.251 e. The Kier molecular flexibility index (Phi) is 4.75. The lowest BCUT2D eigenvalue weighted by Crippen LogP contribution is -2.33. The van der Waals surface area contributed by atoms with E-state index in [4.69, 9.17) is 5.11 Å². The maximum absolute atomic E-state index is 12.0. The molecule has 0 fully saturated rings. The summed E-state index contributed by atoms with van der Waals surface area (Å²) in [6.45, 7) is 5.89. The molecule has 0 spiro atoms. The van der Waals surface area contributed by atoms with Gasteiger partial charge in [-0.2, -0.15) is 5.10 Å². The number of aromatic nitrogens is 2. The average Bonchev–Trinajstić information content (AvgIpc) is 2.78. The van der Waals surface area contributed by atoms with Crippen LogP contribution in [0, 0.1) is 13.8 Å². The zero-order valence-corrected chi connectivity index (χ0v) is 12.6. The number of aliphatic hydroxyl groups is 1.